The lowest BCUT2D eigenvalue weighted by Gasteiger charge is -2.40. The van der Waals surface area contributed by atoms with E-state index in [1.54, 1.807) is 0 Å². The van der Waals surface area contributed by atoms with Crippen LogP contribution in [0.5, 0.6) is 0 Å². The lowest BCUT2D eigenvalue weighted by atomic mass is 9.78. The molecule has 1 aromatic carbocycles. The van der Waals surface area contributed by atoms with Gasteiger partial charge in [0.15, 0.2) is 11.0 Å². The van der Waals surface area contributed by atoms with E-state index in [4.69, 9.17) is 10.4 Å². The number of nitrogens with two attached hydrogens (primary N) is 1. The number of nitrogen functional groups attached to an aromatic ring is 1. The second kappa shape index (κ2) is 4.40. The van der Waals surface area contributed by atoms with E-state index in [0.29, 0.717) is 16.6 Å². The molecule has 1 aliphatic rings. The highest BCUT2D eigenvalue weighted by atomic mass is 16.6. The van der Waals surface area contributed by atoms with Crippen molar-refractivity contribution in [3.8, 4) is 0 Å². The third kappa shape index (κ3) is 2.03. The number of rotatable bonds is 2. The smallest absolute Gasteiger partial charge is 0.160 e. The highest BCUT2D eigenvalue weighted by Crippen LogP contribution is 2.37. The molecule has 0 spiro atoms. The molecular formula is C14H20N4O. The van der Waals surface area contributed by atoms with E-state index in [1.165, 1.54) is 19.3 Å². The quantitative estimate of drug-likeness (QED) is 0.841. The maximum Gasteiger partial charge on any atom is 0.160 e. The molecule has 5 heteroatoms. The normalized spacial score (nSPS) is 18.9. The lowest BCUT2D eigenvalue weighted by molar-refractivity contribution is 0.238. The molecule has 0 atom stereocenters. The summed E-state index contributed by atoms with van der Waals surface area (Å²) in [5.41, 5.74) is 9.51. The van der Waals surface area contributed by atoms with Gasteiger partial charge in [0.25, 0.3) is 0 Å². The van der Waals surface area contributed by atoms with Gasteiger partial charge in [-0.25, -0.2) is 4.63 Å². The number of fused-ring (bicyclic) bond motifs is 1. The Morgan fingerprint density at radius 1 is 1.26 bits per heavy atom. The van der Waals surface area contributed by atoms with Crippen LogP contribution in [0.15, 0.2) is 16.8 Å². The molecule has 1 saturated heterocycles. The first-order valence-electron chi connectivity index (χ1n) is 6.89. The fourth-order valence-electron chi connectivity index (χ4n) is 2.77. The summed E-state index contributed by atoms with van der Waals surface area (Å²) in [5, 5.41) is 7.88. The number of anilines is 2. The zero-order valence-corrected chi connectivity index (χ0v) is 11.5. The molecule has 2 heterocycles. The Morgan fingerprint density at radius 3 is 2.63 bits per heavy atom. The van der Waals surface area contributed by atoms with Crippen LogP contribution in [0.3, 0.4) is 0 Å². The van der Waals surface area contributed by atoms with Gasteiger partial charge in [-0.3, -0.25) is 0 Å². The van der Waals surface area contributed by atoms with Crippen molar-refractivity contribution in [1.29, 1.82) is 0 Å². The third-order valence-corrected chi connectivity index (χ3v) is 4.59. The largest absolute Gasteiger partial charge is 0.397 e. The summed E-state index contributed by atoms with van der Waals surface area (Å²) < 4.78 is 4.83. The molecule has 1 fully saturated rings. The summed E-state index contributed by atoms with van der Waals surface area (Å²) in [6.07, 6.45) is 3.66. The Balaban J connectivity index is 1.90. The lowest BCUT2D eigenvalue weighted by Crippen LogP contribution is -2.38. The second-order valence-electron chi connectivity index (χ2n) is 5.79. The van der Waals surface area contributed by atoms with Gasteiger partial charge in [-0.05, 0) is 40.7 Å². The Hall–Kier alpha value is -1.78. The number of aromatic nitrogens is 2. The van der Waals surface area contributed by atoms with Crippen molar-refractivity contribution in [3.63, 3.8) is 0 Å². The van der Waals surface area contributed by atoms with Gasteiger partial charge in [-0.2, -0.15) is 0 Å². The number of nitrogens with zero attached hydrogens (tertiary/aromatic N) is 3. The average molecular weight is 260 g/mol. The van der Waals surface area contributed by atoms with Crippen LogP contribution >= 0.6 is 0 Å². The minimum absolute atomic E-state index is 0.478. The van der Waals surface area contributed by atoms with Gasteiger partial charge in [0.05, 0.1) is 11.4 Å². The van der Waals surface area contributed by atoms with Crippen LogP contribution in [0.2, 0.25) is 0 Å². The summed E-state index contributed by atoms with van der Waals surface area (Å²) in [7, 11) is 0. The molecule has 5 nitrogen and oxygen atoms in total. The SMILES string of the molecule is CCC1(C)CCN(c2ccc(N)c3nonc23)CC1. The van der Waals surface area contributed by atoms with Crippen molar-refractivity contribution in [1.82, 2.24) is 10.3 Å². The van der Waals surface area contributed by atoms with Gasteiger partial charge >= 0.3 is 0 Å². The predicted octanol–water partition coefficient (Wildman–Crippen LogP) is 2.82. The van der Waals surface area contributed by atoms with Crippen LogP contribution in [0.1, 0.15) is 33.1 Å². The van der Waals surface area contributed by atoms with Crippen LogP contribution in [-0.2, 0) is 0 Å². The minimum atomic E-state index is 0.478. The minimum Gasteiger partial charge on any atom is -0.397 e. The van der Waals surface area contributed by atoms with Gasteiger partial charge in [0.1, 0.15) is 0 Å². The van der Waals surface area contributed by atoms with Gasteiger partial charge in [0, 0.05) is 13.1 Å². The standard InChI is InChI=1S/C14H20N4O/c1-3-14(2)6-8-18(9-7-14)11-5-4-10(15)12-13(11)17-19-16-12/h4-5H,3,6-9,15H2,1-2H3. The monoisotopic (exact) mass is 260 g/mol. The molecule has 0 unspecified atom stereocenters. The summed E-state index contributed by atoms with van der Waals surface area (Å²) in [5.74, 6) is 0. The molecular weight excluding hydrogens is 240 g/mol. The van der Waals surface area contributed by atoms with Crippen LogP contribution in [0.25, 0.3) is 11.0 Å². The molecule has 0 aliphatic carbocycles. The molecule has 1 aromatic heterocycles. The van der Waals surface area contributed by atoms with Crippen molar-refractivity contribution >= 4 is 22.4 Å². The first kappa shape index (κ1) is 12.3. The molecule has 2 N–H and O–H groups in total. The van der Waals surface area contributed by atoms with Crippen LogP contribution in [0, 0.1) is 5.41 Å². The zero-order chi connectivity index (χ0) is 13.5. The number of hydrogen-bond donors (Lipinski definition) is 1. The second-order valence-corrected chi connectivity index (χ2v) is 5.79. The Labute approximate surface area is 112 Å². The number of piperidine rings is 1. The van der Waals surface area contributed by atoms with Gasteiger partial charge in [0.2, 0.25) is 0 Å². The molecule has 0 amide bonds. The van der Waals surface area contributed by atoms with E-state index in [1.807, 2.05) is 12.1 Å². The fraction of sp³-hybridized carbons (Fsp3) is 0.571. The highest BCUT2D eigenvalue weighted by molar-refractivity contribution is 5.95. The summed E-state index contributed by atoms with van der Waals surface area (Å²) in [6, 6.07) is 3.91. The van der Waals surface area contributed by atoms with Gasteiger partial charge in [-0.1, -0.05) is 20.3 Å². The zero-order valence-electron chi connectivity index (χ0n) is 11.5. The third-order valence-electron chi connectivity index (χ3n) is 4.59. The van der Waals surface area contributed by atoms with Crippen molar-refractivity contribution in [2.24, 2.45) is 5.41 Å². The van der Waals surface area contributed by atoms with Crippen LogP contribution < -0.4 is 10.6 Å². The van der Waals surface area contributed by atoms with Crippen molar-refractivity contribution in [3.05, 3.63) is 12.1 Å². The van der Waals surface area contributed by atoms with E-state index in [-0.39, 0.29) is 0 Å². The van der Waals surface area contributed by atoms with Crippen LogP contribution in [-0.4, -0.2) is 23.4 Å². The first-order valence-corrected chi connectivity index (χ1v) is 6.89. The Bertz CT molecular complexity index is 584. The maximum atomic E-state index is 5.88. The molecule has 3 rings (SSSR count). The molecule has 102 valence electrons. The Kier molecular flexibility index (Phi) is 2.84. The van der Waals surface area contributed by atoms with Crippen molar-refractivity contribution in [2.45, 2.75) is 33.1 Å². The number of benzene rings is 1. The summed E-state index contributed by atoms with van der Waals surface area (Å²) in [4.78, 5) is 2.36. The molecule has 0 radical (unpaired) electrons. The van der Waals surface area contributed by atoms with Crippen LogP contribution in [0.4, 0.5) is 11.4 Å². The van der Waals surface area contributed by atoms with Gasteiger partial charge in [-0.15, -0.1) is 0 Å². The molecule has 0 bridgehead atoms. The predicted molar refractivity (Wildman–Crippen MR) is 76.1 cm³/mol. The van der Waals surface area contributed by atoms with E-state index in [0.717, 1.165) is 24.3 Å². The topological polar surface area (TPSA) is 68.2 Å². The fourth-order valence-corrected chi connectivity index (χ4v) is 2.77. The van der Waals surface area contributed by atoms with E-state index < -0.39 is 0 Å². The summed E-state index contributed by atoms with van der Waals surface area (Å²) in [6.45, 7) is 6.76. The van der Waals surface area contributed by atoms with Crippen molar-refractivity contribution < 1.29 is 4.63 Å². The first-order chi connectivity index (χ1) is 9.13. The number of hydrogen-bond acceptors (Lipinski definition) is 5. The van der Waals surface area contributed by atoms with Crippen molar-refractivity contribution in [2.75, 3.05) is 23.7 Å². The average Bonchev–Trinajstić information content (AvgIpc) is 2.91. The maximum absolute atomic E-state index is 5.88. The molecule has 2 aromatic rings. The highest BCUT2D eigenvalue weighted by Gasteiger charge is 2.29. The van der Waals surface area contributed by atoms with E-state index in [9.17, 15) is 0 Å². The Morgan fingerprint density at radius 2 is 1.95 bits per heavy atom. The summed E-state index contributed by atoms with van der Waals surface area (Å²) >= 11 is 0. The molecule has 19 heavy (non-hydrogen) atoms. The van der Waals surface area contributed by atoms with Gasteiger partial charge < -0.3 is 10.6 Å². The van der Waals surface area contributed by atoms with E-state index in [2.05, 4.69) is 29.1 Å². The molecule has 1 aliphatic heterocycles. The molecule has 0 saturated carbocycles. The van der Waals surface area contributed by atoms with E-state index >= 15 is 0 Å².